The minimum atomic E-state index is -3.74. The molecule has 0 unspecified atom stereocenters. The van der Waals surface area contributed by atoms with Crippen molar-refractivity contribution in [1.29, 1.82) is 0 Å². The molecule has 1 aliphatic carbocycles. The van der Waals surface area contributed by atoms with E-state index in [0.29, 0.717) is 5.69 Å². The summed E-state index contributed by atoms with van der Waals surface area (Å²) in [5, 5.41) is 7.82. The van der Waals surface area contributed by atoms with Gasteiger partial charge in [0.1, 0.15) is 0 Å². The van der Waals surface area contributed by atoms with Crippen LogP contribution in [0.1, 0.15) is 32.1 Å². The van der Waals surface area contributed by atoms with E-state index in [0.717, 1.165) is 25.7 Å². The number of benzene rings is 1. The van der Waals surface area contributed by atoms with Crippen LogP contribution in [-0.2, 0) is 14.8 Å². The fourth-order valence-corrected chi connectivity index (χ4v) is 2.92. The zero-order valence-corrected chi connectivity index (χ0v) is 11.4. The van der Waals surface area contributed by atoms with Gasteiger partial charge in [-0.25, -0.2) is 13.6 Å². The first-order chi connectivity index (χ1) is 8.97. The van der Waals surface area contributed by atoms with E-state index >= 15 is 0 Å². The number of nitrogens with one attached hydrogen (secondary N) is 1. The van der Waals surface area contributed by atoms with E-state index in [9.17, 15) is 13.2 Å². The molecule has 6 heteroatoms. The SMILES string of the molecule is NS(=O)(=O)c1cccc(NC(=O)C2CCCCC2)c1. The summed E-state index contributed by atoms with van der Waals surface area (Å²) in [6, 6.07) is 6.02. The van der Waals surface area contributed by atoms with E-state index in [4.69, 9.17) is 5.14 Å². The Morgan fingerprint density at radius 2 is 1.89 bits per heavy atom. The molecule has 1 aromatic rings. The molecule has 0 aromatic heterocycles. The number of sulfonamides is 1. The van der Waals surface area contributed by atoms with Crippen molar-refractivity contribution in [2.75, 3.05) is 5.32 Å². The van der Waals surface area contributed by atoms with Crippen molar-refractivity contribution < 1.29 is 13.2 Å². The third-order valence-electron chi connectivity index (χ3n) is 3.41. The maximum Gasteiger partial charge on any atom is 0.238 e. The van der Waals surface area contributed by atoms with Gasteiger partial charge in [-0.2, -0.15) is 0 Å². The van der Waals surface area contributed by atoms with Gasteiger partial charge in [-0.05, 0) is 31.0 Å². The van der Waals surface area contributed by atoms with Crippen molar-refractivity contribution >= 4 is 21.6 Å². The number of rotatable bonds is 3. The largest absolute Gasteiger partial charge is 0.326 e. The van der Waals surface area contributed by atoms with Crippen molar-refractivity contribution in [1.82, 2.24) is 0 Å². The highest BCUT2D eigenvalue weighted by Gasteiger charge is 2.21. The maximum atomic E-state index is 12.0. The van der Waals surface area contributed by atoms with Gasteiger partial charge < -0.3 is 5.32 Å². The number of hydrogen-bond donors (Lipinski definition) is 2. The lowest BCUT2D eigenvalue weighted by molar-refractivity contribution is -0.120. The highest BCUT2D eigenvalue weighted by atomic mass is 32.2. The number of carbonyl (C=O) groups excluding carboxylic acids is 1. The zero-order valence-electron chi connectivity index (χ0n) is 10.6. The van der Waals surface area contributed by atoms with Crippen molar-refractivity contribution in [2.45, 2.75) is 37.0 Å². The van der Waals surface area contributed by atoms with Gasteiger partial charge in [0.05, 0.1) is 4.90 Å². The number of carbonyl (C=O) groups is 1. The van der Waals surface area contributed by atoms with E-state index in [1.165, 1.54) is 18.6 Å². The Hall–Kier alpha value is -1.40. The quantitative estimate of drug-likeness (QED) is 0.886. The normalized spacial score (nSPS) is 17.1. The number of amides is 1. The average molecular weight is 282 g/mol. The Morgan fingerprint density at radius 1 is 1.21 bits per heavy atom. The summed E-state index contributed by atoms with van der Waals surface area (Å²) in [7, 11) is -3.74. The maximum absolute atomic E-state index is 12.0. The Morgan fingerprint density at radius 3 is 2.53 bits per heavy atom. The molecule has 1 aliphatic rings. The predicted molar refractivity (Wildman–Crippen MR) is 73.0 cm³/mol. The lowest BCUT2D eigenvalue weighted by Gasteiger charge is -2.20. The summed E-state index contributed by atoms with van der Waals surface area (Å²) in [6.45, 7) is 0. The standard InChI is InChI=1S/C13H18N2O3S/c14-19(17,18)12-8-4-7-11(9-12)15-13(16)10-5-2-1-3-6-10/h4,7-10H,1-3,5-6H2,(H,15,16)(H2,14,17,18). The lowest BCUT2D eigenvalue weighted by atomic mass is 9.88. The molecule has 0 spiro atoms. The molecule has 0 saturated heterocycles. The minimum absolute atomic E-state index is 0.00828. The molecule has 2 rings (SSSR count). The summed E-state index contributed by atoms with van der Waals surface area (Å²) in [5.41, 5.74) is 0.474. The molecule has 5 nitrogen and oxygen atoms in total. The molecular formula is C13H18N2O3S. The van der Waals surface area contributed by atoms with Crippen LogP contribution < -0.4 is 10.5 Å². The minimum Gasteiger partial charge on any atom is -0.326 e. The third kappa shape index (κ3) is 3.78. The molecule has 1 fully saturated rings. The van der Waals surface area contributed by atoms with Crippen LogP contribution >= 0.6 is 0 Å². The van der Waals surface area contributed by atoms with Crippen LogP contribution in [0.25, 0.3) is 0 Å². The average Bonchev–Trinajstić information content (AvgIpc) is 2.39. The molecule has 1 aromatic carbocycles. The second-order valence-electron chi connectivity index (χ2n) is 4.90. The fraction of sp³-hybridized carbons (Fsp3) is 0.462. The van der Waals surface area contributed by atoms with Gasteiger partial charge >= 0.3 is 0 Å². The molecule has 0 atom stereocenters. The molecule has 3 N–H and O–H groups in total. The van der Waals surface area contributed by atoms with Gasteiger partial charge in [-0.1, -0.05) is 25.3 Å². The van der Waals surface area contributed by atoms with Gasteiger partial charge in [-0.3, -0.25) is 4.79 Å². The van der Waals surface area contributed by atoms with Crippen LogP contribution in [0.2, 0.25) is 0 Å². The lowest BCUT2D eigenvalue weighted by Crippen LogP contribution is -2.24. The number of hydrogen-bond acceptors (Lipinski definition) is 3. The summed E-state index contributed by atoms with van der Waals surface area (Å²) < 4.78 is 22.5. The highest BCUT2D eigenvalue weighted by molar-refractivity contribution is 7.89. The van der Waals surface area contributed by atoms with E-state index in [1.54, 1.807) is 12.1 Å². The van der Waals surface area contributed by atoms with Crippen molar-refractivity contribution in [3.8, 4) is 0 Å². The number of primary sulfonamides is 1. The predicted octanol–water partition coefficient (Wildman–Crippen LogP) is 1.85. The Kier molecular flexibility index (Phi) is 4.21. The Labute approximate surface area is 113 Å². The van der Waals surface area contributed by atoms with Crippen LogP contribution in [0, 0.1) is 5.92 Å². The topological polar surface area (TPSA) is 89.3 Å². The second kappa shape index (κ2) is 5.71. The molecule has 104 valence electrons. The Bertz CT molecular complexity index is 563. The first kappa shape index (κ1) is 14.0. The summed E-state index contributed by atoms with van der Waals surface area (Å²) >= 11 is 0. The van der Waals surface area contributed by atoms with E-state index < -0.39 is 10.0 Å². The molecule has 1 amide bonds. The monoisotopic (exact) mass is 282 g/mol. The first-order valence-electron chi connectivity index (χ1n) is 6.40. The highest BCUT2D eigenvalue weighted by Crippen LogP contribution is 2.25. The van der Waals surface area contributed by atoms with Gasteiger partial charge in [-0.15, -0.1) is 0 Å². The van der Waals surface area contributed by atoms with Crippen LogP contribution in [0.3, 0.4) is 0 Å². The molecule has 0 aliphatic heterocycles. The molecule has 0 radical (unpaired) electrons. The van der Waals surface area contributed by atoms with Gasteiger partial charge in [0.2, 0.25) is 15.9 Å². The first-order valence-corrected chi connectivity index (χ1v) is 7.95. The van der Waals surface area contributed by atoms with E-state index in [1.807, 2.05) is 0 Å². The van der Waals surface area contributed by atoms with Crippen LogP contribution in [0.5, 0.6) is 0 Å². The van der Waals surface area contributed by atoms with Gasteiger partial charge in [0.15, 0.2) is 0 Å². The smallest absolute Gasteiger partial charge is 0.238 e. The third-order valence-corrected chi connectivity index (χ3v) is 4.32. The molecule has 0 bridgehead atoms. The van der Waals surface area contributed by atoms with Crippen LogP contribution in [0.15, 0.2) is 29.2 Å². The molecule has 0 heterocycles. The molecular weight excluding hydrogens is 264 g/mol. The van der Waals surface area contributed by atoms with Crippen molar-refractivity contribution in [2.24, 2.45) is 11.1 Å². The Balaban J connectivity index is 2.08. The second-order valence-corrected chi connectivity index (χ2v) is 6.46. The number of nitrogens with two attached hydrogens (primary N) is 1. The van der Waals surface area contributed by atoms with E-state index in [-0.39, 0.29) is 16.7 Å². The molecule has 19 heavy (non-hydrogen) atoms. The van der Waals surface area contributed by atoms with E-state index in [2.05, 4.69) is 5.32 Å². The van der Waals surface area contributed by atoms with Crippen LogP contribution in [-0.4, -0.2) is 14.3 Å². The summed E-state index contributed by atoms with van der Waals surface area (Å²) in [4.78, 5) is 12.0. The van der Waals surface area contributed by atoms with Crippen LogP contribution in [0.4, 0.5) is 5.69 Å². The van der Waals surface area contributed by atoms with Gasteiger partial charge in [0, 0.05) is 11.6 Å². The fourth-order valence-electron chi connectivity index (χ4n) is 2.36. The zero-order chi connectivity index (χ0) is 13.9. The van der Waals surface area contributed by atoms with Crippen molar-refractivity contribution in [3.63, 3.8) is 0 Å². The summed E-state index contributed by atoms with van der Waals surface area (Å²) in [6.07, 6.45) is 5.15. The van der Waals surface area contributed by atoms with Crippen molar-refractivity contribution in [3.05, 3.63) is 24.3 Å². The molecule has 1 saturated carbocycles. The summed E-state index contributed by atoms with van der Waals surface area (Å²) in [5.74, 6) is -0.00170. The van der Waals surface area contributed by atoms with Gasteiger partial charge in [0.25, 0.3) is 0 Å². The number of anilines is 1.